The Labute approximate surface area is 96.4 Å². The van der Waals surface area contributed by atoms with E-state index in [1.165, 1.54) is 0 Å². The number of methoxy groups -OCH3 is 1. The molecule has 1 rings (SSSR count). The summed E-state index contributed by atoms with van der Waals surface area (Å²) in [6.07, 6.45) is 1.95. The molecule has 1 aromatic carbocycles. The van der Waals surface area contributed by atoms with Crippen LogP contribution >= 0.6 is 0 Å². The van der Waals surface area contributed by atoms with Crippen molar-refractivity contribution in [1.29, 1.82) is 0 Å². The van der Waals surface area contributed by atoms with E-state index in [-0.39, 0.29) is 5.78 Å². The average molecular weight is 222 g/mol. The summed E-state index contributed by atoms with van der Waals surface area (Å²) >= 11 is 0. The smallest absolute Gasteiger partial charge is 0.159 e. The maximum Gasteiger partial charge on any atom is 0.159 e. The molecule has 88 valence electrons. The van der Waals surface area contributed by atoms with Crippen molar-refractivity contribution in [3.8, 4) is 5.75 Å². The third-order valence-electron chi connectivity index (χ3n) is 2.25. The Kier molecular flexibility index (Phi) is 5.57. The van der Waals surface area contributed by atoms with Gasteiger partial charge in [-0.2, -0.15) is 0 Å². The van der Waals surface area contributed by atoms with Gasteiger partial charge in [0.15, 0.2) is 5.78 Å². The highest BCUT2D eigenvalue weighted by Gasteiger charge is 2.00. The molecule has 0 heterocycles. The molecule has 0 unspecified atom stereocenters. The van der Waals surface area contributed by atoms with Crippen LogP contribution in [0.3, 0.4) is 0 Å². The van der Waals surface area contributed by atoms with Gasteiger partial charge in [-0.1, -0.05) is 12.1 Å². The number of ether oxygens (including phenoxy) is 2. The molecule has 0 fully saturated rings. The molecule has 0 amide bonds. The van der Waals surface area contributed by atoms with E-state index >= 15 is 0 Å². The van der Waals surface area contributed by atoms with Crippen LogP contribution in [0.2, 0.25) is 0 Å². The van der Waals surface area contributed by atoms with Crippen molar-refractivity contribution in [3.05, 3.63) is 29.8 Å². The molecule has 0 saturated heterocycles. The summed E-state index contributed by atoms with van der Waals surface area (Å²) < 4.78 is 10.5. The highest BCUT2D eigenvalue weighted by Crippen LogP contribution is 2.14. The lowest BCUT2D eigenvalue weighted by molar-refractivity contribution is 0.101. The van der Waals surface area contributed by atoms with Crippen LogP contribution in [0.1, 0.15) is 30.1 Å². The van der Waals surface area contributed by atoms with Crippen molar-refractivity contribution >= 4 is 5.78 Å². The number of unbranched alkanes of at least 4 members (excludes halogenated alkanes) is 1. The minimum absolute atomic E-state index is 0.0600. The molecule has 3 heteroatoms. The normalized spacial score (nSPS) is 10.1. The first kappa shape index (κ1) is 12.7. The maximum absolute atomic E-state index is 11.1. The molecule has 0 N–H and O–H groups in total. The second-order valence-electron chi connectivity index (χ2n) is 3.63. The Morgan fingerprint density at radius 2 is 2.00 bits per heavy atom. The number of benzene rings is 1. The number of carbonyl (C=O) groups excluding carboxylic acids is 1. The van der Waals surface area contributed by atoms with E-state index in [0.717, 1.165) is 25.2 Å². The summed E-state index contributed by atoms with van der Waals surface area (Å²) in [7, 11) is 1.69. The first-order valence-corrected chi connectivity index (χ1v) is 5.47. The molecule has 0 atom stereocenters. The minimum atomic E-state index is 0.0600. The van der Waals surface area contributed by atoms with Gasteiger partial charge < -0.3 is 9.47 Å². The fourth-order valence-electron chi connectivity index (χ4n) is 1.34. The third-order valence-corrected chi connectivity index (χ3v) is 2.25. The zero-order chi connectivity index (χ0) is 11.8. The summed E-state index contributed by atoms with van der Waals surface area (Å²) in [6.45, 7) is 2.97. The Morgan fingerprint density at radius 1 is 1.25 bits per heavy atom. The predicted octanol–water partition coefficient (Wildman–Crippen LogP) is 2.69. The SMILES string of the molecule is COCCCCOc1cccc(C(C)=O)c1. The van der Waals surface area contributed by atoms with E-state index in [4.69, 9.17) is 9.47 Å². The van der Waals surface area contributed by atoms with Gasteiger partial charge in [-0.05, 0) is 31.9 Å². The van der Waals surface area contributed by atoms with Crippen LogP contribution < -0.4 is 4.74 Å². The second kappa shape index (κ2) is 7.01. The molecule has 16 heavy (non-hydrogen) atoms. The molecule has 0 aliphatic carbocycles. The Morgan fingerprint density at radius 3 is 2.69 bits per heavy atom. The van der Waals surface area contributed by atoms with Crippen LogP contribution in [0.25, 0.3) is 0 Å². The molecule has 0 saturated carbocycles. The van der Waals surface area contributed by atoms with Gasteiger partial charge in [-0.15, -0.1) is 0 Å². The van der Waals surface area contributed by atoms with Crippen LogP contribution in [0.4, 0.5) is 0 Å². The Bertz CT molecular complexity index is 334. The van der Waals surface area contributed by atoms with Crippen molar-refractivity contribution in [1.82, 2.24) is 0 Å². The van der Waals surface area contributed by atoms with Gasteiger partial charge in [0.25, 0.3) is 0 Å². The maximum atomic E-state index is 11.1. The number of hydrogen-bond acceptors (Lipinski definition) is 3. The van der Waals surface area contributed by atoms with E-state index in [1.54, 1.807) is 26.2 Å². The quantitative estimate of drug-likeness (QED) is 0.525. The Balaban J connectivity index is 2.36. The van der Waals surface area contributed by atoms with Gasteiger partial charge in [0.05, 0.1) is 6.61 Å². The van der Waals surface area contributed by atoms with E-state index in [9.17, 15) is 4.79 Å². The zero-order valence-corrected chi connectivity index (χ0v) is 9.86. The average Bonchev–Trinajstić information content (AvgIpc) is 2.29. The summed E-state index contributed by atoms with van der Waals surface area (Å²) in [6, 6.07) is 7.27. The monoisotopic (exact) mass is 222 g/mol. The number of ketones is 1. The van der Waals surface area contributed by atoms with Crippen LogP contribution in [0, 0.1) is 0 Å². The highest BCUT2D eigenvalue weighted by atomic mass is 16.5. The topological polar surface area (TPSA) is 35.5 Å². The second-order valence-corrected chi connectivity index (χ2v) is 3.63. The van der Waals surface area contributed by atoms with Gasteiger partial charge in [0, 0.05) is 19.3 Å². The zero-order valence-electron chi connectivity index (χ0n) is 9.86. The van der Waals surface area contributed by atoms with Gasteiger partial charge >= 0.3 is 0 Å². The van der Waals surface area contributed by atoms with Crippen LogP contribution in [-0.4, -0.2) is 26.1 Å². The molecule has 1 aromatic rings. The van der Waals surface area contributed by atoms with Crippen molar-refractivity contribution in [2.75, 3.05) is 20.3 Å². The number of rotatable bonds is 7. The first-order valence-electron chi connectivity index (χ1n) is 5.47. The lowest BCUT2D eigenvalue weighted by Crippen LogP contribution is -2.00. The number of carbonyl (C=O) groups is 1. The van der Waals surface area contributed by atoms with E-state index in [2.05, 4.69) is 0 Å². The molecular weight excluding hydrogens is 204 g/mol. The van der Waals surface area contributed by atoms with Gasteiger partial charge in [0.2, 0.25) is 0 Å². The molecule has 0 spiro atoms. The third kappa shape index (κ3) is 4.45. The predicted molar refractivity (Wildman–Crippen MR) is 63.1 cm³/mol. The van der Waals surface area contributed by atoms with Crippen molar-refractivity contribution in [3.63, 3.8) is 0 Å². The van der Waals surface area contributed by atoms with Crippen molar-refractivity contribution in [2.45, 2.75) is 19.8 Å². The van der Waals surface area contributed by atoms with Gasteiger partial charge in [-0.3, -0.25) is 4.79 Å². The van der Waals surface area contributed by atoms with Gasteiger partial charge in [0.1, 0.15) is 5.75 Å². The largest absolute Gasteiger partial charge is 0.494 e. The molecule has 0 aliphatic heterocycles. The molecule has 0 aliphatic rings. The van der Waals surface area contributed by atoms with E-state index in [1.807, 2.05) is 12.1 Å². The summed E-state index contributed by atoms with van der Waals surface area (Å²) in [5.41, 5.74) is 0.689. The lowest BCUT2D eigenvalue weighted by Gasteiger charge is -2.06. The van der Waals surface area contributed by atoms with Crippen LogP contribution in [-0.2, 0) is 4.74 Å². The fraction of sp³-hybridized carbons (Fsp3) is 0.462. The fourth-order valence-corrected chi connectivity index (χ4v) is 1.34. The van der Waals surface area contributed by atoms with E-state index < -0.39 is 0 Å². The highest BCUT2D eigenvalue weighted by molar-refractivity contribution is 5.94. The first-order chi connectivity index (χ1) is 7.74. The molecule has 0 radical (unpaired) electrons. The van der Waals surface area contributed by atoms with Crippen molar-refractivity contribution < 1.29 is 14.3 Å². The van der Waals surface area contributed by atoms with Crippen LogP contribution in [0.5, 0.6) is 5.75 Å². The van der Waals surface area contributed by atoms with Crippen LogP contribution in [0.15, 0.2) is 24.3 Å². The lowest BCUT2D eigenvalue weighted by atomic mass is 10.1. The summed E-state index contributed by atoms with van der Waals surface area (Å²) in [4.78, 5) is 11.1. The van der Waals surface area contributed by atoms with Gasteiger partial charge in [-0.25, -0.2) is 0 Å². The molecule has 3 nitrogen and oxygen atoms in total. The Hall–Kier alpha value is -1.35. The summed E-state index contributed by atoms with van der Waals surface area (Å²) in [5, 5.41) is 0. The molecule has 0 bridgehead atoms. The number of hydrogen-bond donors (Lipinski definition) is 0. The standard InChI is InChI=1S/C13H18O3/c1-11(14)12-6-5-7-13(10-12)16-9-4-3-8-15-2/h5-7,10H,3-4,8-9H2,1-2H3. The molecule has 0 aromatic heterocycles. The minimum Gasteiger partial charge on any atom is -0.494 e. The van der Waals surface area contributed by atoms with E-state index in [0.29, 0.717) is 12.2 Å². The molecular formula is C13H18O3. The number of Topliss-reactive ketones (excluding diaryl/α,β-unsaturated/α-hetero) is 1. The van der Waals surface area contributed by atoms with Crippen molar-refractivity contribution in [2.24, 2.45) is 0 Å². The summed E-state index contributed by atoms with van der Waals surface area (Å²) in [5.74, 6) is 0.815.